The summed E-state index contributed by atoms with van der Waals surface area (Å²) < 4.78 is 38.8. The normalized spacial score (nSPS) is 18.2. The van der Waals surface area contributed by atoms with Gasteiger partial charge in [-0.25, -0.2) is 12.8 Å². The summed E-state index contributed by atoms with van der Waals surface area (Å²) in [5.74, 6) is -0.608. The molecule has 1 aromatic rings. The second-order valence-electron chi connectivity index (χ2n) is 3.73. The number of nitrogens with one attached hydrogen (secondary N) is 1. The standard InChI is InChI=1S/C10H12ClFN2O2S/c11-9-2-1-8(12)7-10(9)17(15,16)14-5-3-13-4-6-14/h1-2,7,13H,3-6H2. The first-order valence-corrected chi connectivity index (χ1v) is 6.99. The van der Waals surface area contributed by atoms with Crippen LogP contribution in [0.25, 0.3) is 0 Å². The van der Waals surface area contributed by atoms with Crippen LogP contribution in [0.5, 0.6) is 0 Å². The Kier molecular flexibility index (Phi) is 3.67. The molecule has 0 unspecified atom stereocenters. The molecule has 17 heavy (non-hydrogen) atoms. The van der Waals surface area contributed by atoms with E-state index >= 15 is 0 Å². The van der Waals surface area contributed by atoms with E-state index in [4.69, 9.17) is 11.6 Å². The summed E-state index contributed by atoms with van der Waals surface area (Å²) in [6.45, 7) is 1.92. The molecule has 2 rings (SSSR count). The number of piperazine rings is 1. The van der Waals surface area contributed by atoms with Gasteiger partial charge in [0.25, 0.3) is 0 Å². The number of hydrogen-bond donors (Lipinski definition) is 1. The van der Waals surface area contributed by atoms with E-state index in [9.17, 15) is 12.8 Å². The third kappa shape index (κ3) is 2.60. The van der Waals surface area contributed by atoms with E-state index in [0.717, 1.165) is 12.1 Å². The fourth-order valence-corrected chi connectivity index (χ4v) is 3.63. The van der Waals surface area contributed by atoms with Crippen LogP contribution in [0.4, 0.5) is 4.39 Å². The highest BCUT2D eigenvalue weighted by Gasteiger charge is 2.28. The predicted molar refractivity (Wildman–Crippen MR) is 63.0 cm³/mol. The van der Waals surface area contributed by atoms with E-state index in [1.807, 2.05) is 0 Å². The van der Waals surface area contributed by atoms with Gasteiger partial charge in [-0.05, 0) is 18.2 Å². The molecule has 0 amide bonds. The molecule has 1 heterocycles. The fraction of sp³-hybridized carbons (Fsp3) is 0.400. The molecule has 0 aromatic heterocycles. The lowest BCUT2D eigenvalue weighted by atomic mass is 10.3. The van der Waals surface area contributed by atoms with Crippen LogP contribution in [0.3, 0.4) is 0 Å². The first kappa shape index (κ1) is 12.8. The third-order valence-electron chi connectivity index (χ3n) is 2.59. The van der Waals surface area contributed by atoms with Gasteiger partial charge in [-0.15, -0.1) is 0 Å². The van der Waals surface area contributed by atoms with E-state index in [1.165, 1.54) is 10.4 Å². The van der Waals surface area contributed by atoms with Crippen molar-refractivity contribution in [2.45, 2.75) is 4.90 Å². The van der Waals surface area contributed by atoms with E-state index in [1.54, 1.807) is 0 Å². The molecule has 1 aliphatic rings. The van der Waals surface area contributed by atoms with Crippen molar-refractivity contribution < 1.29 is 12.8 Å². The SMILES string of the molecule is O=S(=O)(c1cc(F)ccc1Cl)N1CCNCC1. The molecule has 0 spiro atoms. The Morgan fingerprint density at radius 3 is 2.59 bits per heavy atom. The van der Waals surface area contributed by atoms with E-state index in [2.05, 4.69) is 5.32 Å². The van der Waals surface area contributed by atoms with Crippen molar-refractivity contribution in [3.8, 4) is 0 Å². The summed E-state index contributed by atoms with van der Waals surface area (Å²) in [7, 11) is -3.69. The van der Waals surface area contributed by atoms with Gasteiger partial charge in [0.05, 0.1) is 5.02 Å². The van der Waals surface area contributed by atoms with Gasteiger partial charge in [0.15, 0.2) is 0 Å². The van der Waals surface area contributed by atoms with Crippen LogP contribution in [-0.4, -0.2) is 38.9 Å². The highest BCUT2D eigenvalue weighted by Crippen LogP contribution is 2.25. The zero-order valence-corrected chi connectivity index (χ0v) is 10.6. The number of halogens is 2. The lowest BCUT2D eigenvalue weighted by molar-refractivity contribution is 0.360. The molecule has 1 fully saturated rings. The van der Waals surface area contributed by atoms with Gasteiger partial charge < -0.3 is 5.32 Å². The van der Waals surface area contributed by atoms with Crippen LogP contribution in [-0.2, 0) is 10.0 Å². The third-order valence-corrected chi connectivity index (χ3v) is 4.97. The molecule has 1 aromatic carbocycles. The molecule has 1 saturated heterocycles. The number of sulfonamides is 1. The molecule has 94 valence electrons. The predicted octanol–water partition coefficient (Wildman–Crippen LogP) is 1.07. The Labute approximate surface area is 104 Å². The van der Waals surface area contributed by atoms with Gasteiger partial charge in [-0.3, -0.25) is 0 Å². The van der Waals surface area contributed by atoms with Gasteiger partial charge in [0.1, 0.15) is 10.7 Å². The fourth-order valence-electron chi connectivity index (χ4n) is 1.70. The van der Waals surface area contributed by atoms with E-state index in [0.29, 0.717) is 26.2 Å². The zero-order valence-electron chi connectivity index (χ0n) is 8.99. The molecular weight excluding hydrogens is 267 g/mol. The Hall–Kier alpha value is -0.690. The summed E-state index contributed by atoms with van der Waals surface area (Å²) in [6.07, 6.45) is 0. The van der Waals surface area contributed by atoms with Crippen LogP contribution in [0.1, 0.15) is 0 Å². The molecule has 4 nitrogen and oxygen atoms in total. The Balaban J connectivity index is 2.40. The number of hydrogen-bond acceptors (Lipinski definition) is 3. The highest BCUT2D eigenvalue weighted by molar-refractivity contribution is 7.89. The van der Waals surface area contributed by atoms with Crippen molar-refractivity contribution in [3.05, 3.63) is 29.0 Å². The minimum absolute atomic E-state index is 0.0462. The first-order valence-electron chi connectivity index (χ1n) is 5.18. The van der Waals surface area contributed by atoms with Crippen molar-refractivity contribution in [1.82, 2.24) is 9.62 Å². The summed E-state index contributed by atoms with van der Waals surface area (Å²) in [5.41, 5.74) is 0. The summed E-state index contributed by atoms with van der Waals surface area (Å²) in [6, 6.07) is 3.35. The molecule has 1 N–H and O–H groups in total. The van der Waals surface area contributed by atoms with Crippen LogP contribution >= 0.6 is 11.6 Å². The topological polar surface area (TPSA) is 49.4 Å². The second-order valence-corrected chi connectivity index (χ2v) is 6.04. The lowest BCUT2D eigenvalue weighted by Gasteiger charge is -2.26. The second kappa shape index (κ2) is 4.89. The number of nitrogens with zero attached hydrogens (tertiary/aromatic N) is 1. The average molecular weight is 279 g/mol. The first-order chi connectivity index (χ1) is 8.01. The Bertz CT molecular complexity index is 515. The summed E-state index contributed by atoms with van der Waals surface area (Å²) >= 11 is 5.81. The quantitative estimate of drug-likeness (QED) is 0.880. The van der Waals surface area contributed by atoms with Gasteiger partial charge in [0, 0.05) is 26.2 Å². The van der Waals surface area contributed by atoms with Crippen LogP contribution in [0.2, 0.25) is 5.02 Å². The van der Waals surface area contributed by atoms with Gasteiger partial charge in [-0.1, -0.05) is 11.6 Å². The van der Waals surface area contributed by atoms with Crippen molar-refractivity contribution in [3.63, 3.8) is 0 Å². The maximum Gasteiger partial charge on any atom is 0.244 e. The van der Waals surface area contributed by atoms with Crippen LogP contribution in [0.15, 0.2) is 23.1 Å². The smallest absolute Gasteiger partial charge is 0.244 e. The van der Waals surface area contributed by atoms with Gasteiger partial charge >= 0.3 is 0 Å². The zero-order chi connectivity index (χ0) is 12.5. The van der Waals surface area contributed by atoms with Crippen molar-refractivity contribution in [1.29, 1.82) is 0 Å². The van der Waals surface area contributed by atoms with Crippen LogP contribution in [0, 0.1) is 5.82 Å². The minimum Gasteiger partial charge on any atom is -0.314 e. The summed E-state index contributed by atoms with van der Waals surface area (Å²) in [4.78, 5) is -0.166. The molecule has 0 saturated carbocycles. The molecule has 0 atom stereocenters. The Morgan fingerprint density at radius 1 is 1.29 bits per heavy atom. The monoisotopic (exact) mass is 278 g/mol. The molecule has 0 radical (unpaired) electrons. The summed E-state index contributed by atoms with van der Waals surface area (Å²) in [5, 5.41) is 3.10. The van der Waals surface area contributed by atoms with Crippen molar-refractivity contribution >= 4 is 21.6 Å². The Morgan fingerprint density at radius 2 is 1.94 bits per heavy atom. The number of benzene rings is 1. The average Bonchev–Trinajstić information content (AvgIpc) is 2.33. The van der Waals surface area contributed by atoms with E-state index < -0.39 is 15.8 Å². The molecule has 7 heteroatoms. The largest absolute Gasteiger partial charge is 0.314 e. The van der Waals surface area contributed by atoms with Gasteiger partial charge in [-0.2, -0.15) is 4.31 Å². The maximum absolute atomic E-state index is 13.1. The molecule has 0 aliphatic carbocycles. The maximum atomic E-state index is 13.1. The van der Waals surface area contributed by atoms with Crippen molar-refractivity contribution in [2.24, 2.45) is 0 Å². The highest BCUT2D eigenvalue weighted by atomic mass is 35.5. The van der Waals surface area contributed by atoms with Crippen molar-refractivity contribution in [2.75, 3.05) is 26.2 Å². The van der Waals surface area contributed by atoms with Crippen LogP contribution < -0.4 is 5.32 Å². The van der Waals surface area contributed by atoms with E-state index in [-0.39, 0.29) is 9.92 Å². The molecule has 0 bridgehead atoms. The van der Waals surface area contributed by atoms with Gasteiger partial charge in [0.2, 0.25) is 10.0 Å². The number of rotatable bonds is 2. The minimum atomic E-state index is -3.69. The molecule has 1 aliphatic heterocycles. The lowest BCUT2D eigenvalue weighted by Crippen LogP contribution is -2.46. The molecular formula is C10H12ClFN2O2S.